The Hall–Kier alpha value is -1.68. The van der Waals surface area contributed by atoms with Crippen LogP contribution in [-0.2, 0) is 37.7 Å². The minimum atomic E-state index is 0.343. The van der Waals surface area contributed by atoms with Gasteiger partial charge in [-0.1, -0.05) is 46.9 Å². The van der Waals surface area contributed by atoms with Gasteiger partial charge in [0.15, 0.2) is 0 Å². The van der Waals surface area contributed by atoms with Crippen molar-refractivity contribution >= 4 is 15.9 Å². The third kappa shape index (κ3) is 3.74. The Bertz CT molecular complexity index is 578. The van der Waals surface area contributed by atoms with E-state index in [4.69, 9.17) is 11.1 Å². The molecule has 118 valence electrons. The molecule has 0 aromatic heterocycles. The van der Waals surface area contributed by atoms with Gasteiger partial charge < -0.3 is 0 Å². The Morgan fingerprint density at radius 3 is 1.36 bits per heavy atom. The molecule has 0 unspecified atom stereocenters. The number of rotatable bonds is 8. The molecular weight excluding hydrogens is 344 g/mol. The van der Waals surface area contributed by atoms with Crippen molar-refractivity contribution in [1.82, 2.24) is 0 Å². The zero-order valence-electron chi connectivity index (χ0n) is 13.3. The highest BCUT2D eigenvalue weighted by molar-refractivity contribution is 9.08. The van der Waals surface area contributed by atoms with E-state index in [1.165, 1.54) is 22.3 Å². The molecule has 1 aromatic rings. The predicted molar refractivity (Wildman–Crippen MR) is 92.9 cm³/mol. The number of alkyl halides is 1. The second-order valence-electron chi connectivity index (χ2n) is 4.84. The van der Waals surface area contributed by atoms with E-state index in [0.717, 1.165) is 35.7 Å². The predicted octanol–water partition coefficient (Wildman–Crippen LogP) is 5.89. The quantitative estimate of drug-likeness (QED) is 0.238. The van der Waals surface area contributed by atoms with Crippen LogP contribution in [0.5, 0.6) is 0 Å². The number of nitrogens with zero attached hydrogens (tertiary/aromatic N) is 6. The molecule has 1 aromatic carbocycles. The lowest BCUT2D eigenvalue weighted by molar-refractivity contribution is 0.870. The van der Waals surface area contributed by atoms with Gasteiger partial charge in [0.05, 0.1) is 13.1 Å². The number of hydrogen-bond donors (Lipinski definition) is 0. The van der Waals surface area contributed by atoms with E-state index in [1.807, 2.05) is 0 Å². The van der Waals surface area contributed by atoms with Gasteiger partial charge in [0, 0.05) is 15.2 Å². The molecular formula is C15H21BrN6. The van der Waals surface area contributed by atoms with Crippen LogP contribution in [0.15, 0.2) is 10.2 Å². The van der Waals surface area contributed by atoms with Crippen molar-refractivity contribution in [3.8, 4) is 0 Å². The SMILES string of the molecule is CCc1c(CBr)c(CC)c(CN=[N+]=[N-])c(CC)c1CN=[N+]=[N-]. The Morgan fingerprint density at radius 2 is 1.09 bits per heavy atom. The average Bonchev–Trinajstić information content (AvgIpc) is 2.55. The molecule has 0 radical (unpaired) electrons. The second kappa shape index (κ2) is 9.36. The van der Waals surface area contributed by atoms with Gasteiger partial charge in [0.1, 0.15) is 0 Å². The van der Waals surface area contributed by atoms with Crippen LogP contribution in [0.25, 0.3) is 20.9 Å². The van der Waals surface area contributed by atoms with Gasteiger partial charge in [-0.2, -0.15) is 0 Å². The van der Waals surface area contributed by atoms with Crippen LogP contribution < -0.4 is 0 Å². The Balaban J connectivity index is 3.78. The molecule has 0 bridgehead atoms. The summed E-state index contributed by atoms with van der Waals surface area (Å²) in [7, 11) is 0. The molecule has 0 aliphatic rings. The fourth-order valence-electron chi connectivity index (χ4n) is 3.12. The highest BCUT2D eigenvalue weighted by atomic mass is 79.9. The second-order valence-corrected chi connectivity index (χ2v) is 5.40. The monoisotopic (exact) mass is 364 g/mol. The summed E-state index contributed by atoms with van der Waals surface area (Å²) in [6.07, 6.45) is 2.60. The third-order valence-corrected chi connectivity index (χ3v) is 4.52. The number of azide groups is 2. The van der Waals surface area contributed by atoms with Crippen LogP contribution in [0.2, 0.25) is 0 Å². The van der Waals surface area contributed by atoms with Gasteiger partial charge in [-0.05, 0) is 63.7 Å². The van der Waals surface area contributed by atoms with Crippen molar-refractivity contribution < 1.29 is 0 Å². The van der Waals surface area contributed by atoms with Crippen LogP contribution in [-0.4, -0.2) is 0 Å². The number of halogens is 1. The maximum atomic E-state index is 8.68. The molecule has 0 fully saturated rings. The maximum Gasteiger partial charge on any atom is 0.0516 e. The molecule has 6 nitrogen and oxygen atoms in total. The van der Waals surface area contributed by atoms with Crippen molar-refractivity contribution in [3.05, 3.63) is 54.3 Å². The van der Waals surface area contributed by atoms with Crippen molar-refractivity contribution in [2.45, 2.75) is 58.5 Å². The summed E-state index contributed by atoms with van der Waals surface area (Å²) in [6.45, 7) is 7.01. The van der Waals surface area contributed by atoms with Crippen LogP contribution in [0.3, 0.4) is 0 Å². The van der Waals surface area contributed by atoms with Crippen molar-refractivity contribution in [2.75, 3.05) is 0 Å². The van der Waals surface area contributed by atoms with Gasteiger partial charge in [-0.15, -0.1) is 0 Å². The minimum absolute atomic E-state index is 0.343. The first-order chi connectivity index (χ1) is 10.7. The summed E-state index contributed by atoms with van der Waals surface area (Å²) in [6, 6.07) is 0. The van der Waals surface area contributed by atoms with Crippen LogP contribution in [0.4, 0.5) is 0 Å². The van der Waals surface area contributed by atoms with E-state index in [2.05, 4.69) is 56.8 Å². The van der Waals surface area contributed by atoms with Crippen LogP contribution >= 0.6 is 15.9 Å². The van der Waals surface area contributed by atoms with Crippen LogP contribution in [0.1, 0.15) is 54.2 Å². The Labute approximate surface area is 139 Å². The largest absolute Gasteiger partial charge is 0.0893 e. The van der Waals surface area contributed by atoms with Gasteiger partial charge >= 0.3 is 0 Å². The van der Waals surface area contributed by atoms with Gasteiger partial charge in [0.25, 0.3) is 0 Å². The van der Waals surface area contributed by atoms with Crippen molar-refractivity contribution in [3.63, 3.8) is 0 Å². The number of benzene rings is 1. The zero-order valence-corrected chi connectivity index (χ0v) is 14.9. The topological polar surface area (TPSA) is 97.5 Å². The standard InChI is InChI=1S/C15H21BrN6/c1-4-10-13(7-16)11(5-2)15(9-20-22-18)12(6-3)14(10)8-19-21-17/h4-9H2,1-3H3. The van der Waals surface area contributed by atoms with E-state index in [1.54, 1.807) is 0 Å². The summed E-state index contributed by atoms with van der Waals surface area (Å²) in [5.74, 6) is 0. The molecule has 0 spiro atoms. The summed E-state index contributed by atoms with van der Waals surface area (Å²) >= 11 is 3.59. The lowest BCUT2D eigenvalue weighted by Gasteiger charge is -2.24. The lowest BCUT2D eigenvalue weighted by atomic mass is 9.84. The highest BCUT2D eigenvalue weighted by Gasteiger charge is 2.19. The summed E-state index contributed by atoms with van der Waals surface area (Å²) < 4.78 is 0. The highest BCUT2D eigenvalue weighted by Crippen LogP contribution is 2.33. The summed E-state index contributed by atoms with van der Waals surface area (Å²) in [4.78, 5) is 5.81. The van der Waals surface area contributed by atoms with Crippen molar-refractivity contribution in [1.29, 1.82) is 0 Å². The molecule has 0 saturated heterocycles. The first-order valence-electron chi connectivity index (χ1n) is 7.44. The fraction of sp³-hybridized carbons (Fsp3) is 0.600. The maximum absolute atomic E-state index is 8.68. The van der Waals surface area contributed by atoms with Gasteiger partial charge in [-0.25, -0.2) is 0 Å². The number of hydrogen-bond acceptors (Lipinski definition) is 2. The average molecular weight is 365 g/mol. The Kier molecular flexibility index (Phi) is 7.82. The first kappa shape index (κ1) is 18.4. The molecule has 1 rings (SSSR count). The molecule has 0 aliphatic heterocycles. The molecule has 0 heterocycles. The first-order valence-corrected chi connectivity index (χ1v) is 8.56. The van der Waals surface area contributed by atoms with Gasteiger partial charge in [-0.3, -0.25) is 0 Å². The van der Waals surface area contributed by atoms with Crippen molar-refractivity contribution in [2.24, 2.45) is 10.2 Å². The fourth-order valence-corrected chi connectivity index (χ4v) is 3.80. The van der Waals surface area contributed by atoms with E-state index < -0.39 is 0 Å². The molecule has 0 saturated carbocycles. The zero-order chi connectivity index (χ0) is 16.5. The lowest BCUT2D eigenvalue weighted by Crippen LogP contribution is -2.11. The molecule has 7 heteroatoms. The van der Waals surface area contributed by atoms with Gasteiger partial charge in [0.2, 0.25) is 0 Å². The van der Waals surface area contributed by atoms with E-state index in [9.17, 15) is 0 Å². The molecule has 0 atom stereocenters. The van der Waals surface area contributed by atoms with E-state index in [-0.39, 0.29) is 0 Å². The van der Waals surface area contributed by atoms with E-state index >= 15 is 0 Å². The minimum Gasteiger partial charge on any atom is -0.0893 e. The molecule has 0 N–H and O–H groups in total. The molecule has 0 aliphatic carbocycles. The summed E-state index contributed by atoms with van der Waals surface area (Å²) in [5.41, 5.74) is 24.5. The smallest absolute Gasteiger partial charge is 0.0516 e. The van der Waals surface area contributed by atoms with Crippen LogP contribution in [0, 0.1) is 0 Å². The normalized spacial score (nSPS) is 10.0. The molecule has 22 heavy (non-hydrogen) atoms. The molecule has 0 amide bonds. The third-order valence-electron chi connectivity index (χ3n) is 3.96. The Morgan fingerprint density at radius 1 is 0.727 bits per heavy atom. The summed E-state index contributed by atoms with van der Waals surface area (Å²) in [5, 5.41) is 8.29. The van der Waals surface area contributed by atoms with E-state index in [0.29, 0.717) is 13.1 Å².